The number of fused-ring (bicyclic) bond motifs is 1. The van der Waals surface area contributed by atoms with Crippen molar-refractivity contribution in [3.8, 4) is 0 Å². The van der Waals surface area contributed by atoms with Crippen LogP contribution in [0.3, 0.4) is 0 Å². The van der Waals surface area contributed by atoms with E-state index in [4.69, 9.17) is 10.5 Å². The number of thiophene rings is 1. The van der Waals surface area contributed by atoms with E-state index in [1.54, 1.807) is 0 Å². The molecule has 1 aromatic heterocycles. The van der Waals surface area contributed by atoms with Gasteiger partial charge in [-0.2, -0.15) is 0 Å². The number of carbonyl (C=O) groups is 3. The molecule has 0 bridgehead atoms. The van der Waals surface area contributed by atoms with Gasteiger partial charge >= 0.3 is 6.09 Å². The second-order valence-corrected chi connectivity index (χ2v) is 6.58. The Labute approximate surface area is 142 Å². The number of nitrogens with one attached hydrogen (secondary N) is 1. The van der Waals surface area contributed by atoms with E-state index in [2.05, 4.69) is 5.32 Å². The summed E-state index contributed by atoms with van der Waals surface area (Å²) in [7, 11) is 0. The van der Waals surface area contributed by atoms with E-state index < -0.39 is 12.0 Å². The highest BCUT2D eigenvalue weighted by Gasteiger charge is 2.27. The molecule has 0 saturated carbocycles. The maximum atomic E-state index is 12.0. The van der Waals surface area contributed by atoms with Crippen molar-refractivity contribution in [2.24, 2.45) is 5.73 Å². The summed E-state index contributed by atoms with van der Waals surface area (Å²) in [6.07, 6.45) is 0.485. The predicted molar refractivity (Wildman–Crippen MR) is 90.1 cm³/mol. The van der Waals surface area contributed by atoms with Gasteiger partial charge in [0.1, 0.15) is 17.4 Å². The predicted octanol–water partition coefficient (Wildman–Crippen LogP) is 2.65. The lowest BCUT2D eigenvalue weighted by Gasteiger charge is -2.10. The van der Waals surface area contributed by atoms with Crippen molar-refractivity contribution in [3.05, 3.63) is 51.9 Å². The summed E-state index contributed by atoms with van der Waals surface area (Å²) in [5.74, 6) is -0.488. The summed E-state index contributed by atoms with van der Waals surface area (Å²) in [6, 6.07) is 9.27. The number of carbonyl (C=O) groups excluding carboxylic acids is 3. The second-order valence-electron chi connectivity index (χ2n) is 5.47. The van der Waals surface area contributed by atoms with Crippen LogP contribution in [0.5, 0.6) is 0 Å². The number of amides is 2. The fraction of sp³-hybridized carbons (Fsp3) is 0.235. The van der Waals surface area contributed by atoms with Crippen molar-refractivity contribution >= 4 is 34.1 Å². The summed E-state index contributed by atoms with van der Waals surface area (Å²) in [5.41, 5.74) is 7.37. The highest BCUT2D eigenvalue weighted by Crippen LogP contribution is 2.37. The van der Waals surface area contributed by atoms with E-state index in [1.807, 2.05) is 30.3 Å². The van der Waals surface area contributed by atoms with Crippen LogP contribution in [0.15, 0.2) is 30.3 Å². The summed E-state index contributed by atoms with van der Waals surface area (Å²) in [6.45, 7) is 0.127. The molecule has 2 amide bonds. The van der Waals surface area contributed by atoms with Gasteiger partial charge in [0.2, 0.25) is 0 Å². The fourth-order valence-electron chi connectivity index (χ4n) is 2.65. The van der Waals surface area contributed by atoms with Crippen molar-refractivity contribution in [2.75, 3.05) is 5.32 Å². The van der Waals surface area contributed by atoms with E-state index in [1.165, 1.54) is 11.3 Å². The third-order valence-corrected chi connectivity index (χ3v) is 4.92. The van der Waals surface area contributed by atoms with E-state index >= 15 is 0 Å². The molecule has 124 valence electrons. The molecule has 1 heterocycles. The van der Waals surface area contributed by atoms with Gasteiger partial charge in [0, 0.05) is 17.7 Å². The van der Waals surface area contributed by atoms with Crippen LogP contribution in [-0.4, -0.2) is 17.8 Å². The second kappa shape index (κ2) is 6.84. The number of rotatable bonds is 4. The Morgan fingerprint density at radius 1 is 1.21 bits per heavy atom. The molecule has 3 rings (SSSR count). The zero-order valence-corrected chi connectivity index (χ0v) is 13.7. The molecule has 2 aromatic rings. The number of hydrogen-bond acceptors (Lipinski definition) is 5. The molecule has 0 atom stereocenters. The fourth-order valence-corrected chi connectivity index (χ4v) is 3.92. The van der Waals surface area contributed by atoms with Crippen LogP contribution in [-0.2, 0) is 29.0 Å². The molecule has 1 aromatic carbocycles. The highest BCUT2D eigenvalue weighted by molar-refractivity contribution is 7.17. The molecule has 0 radical (unpaired) electrons. The van der Waals surface area contributed by atoms with Gasteiger partial charge in [-0.15, -0.1) is 11.3 Å². The molecule has 0 saturated heterocycles. The summed E-state index contributed by atoms with van der Waals surface area (Å²) in [4.78, 5) is 36.1. The highest BCUT2D eigenvalue weighted by atomic mass is 32.1. The minimum Gasteiger partial charge on any atom is -0.444 e. The van der Waals surface area contributed by atoms with Crippen LogP contribution >= 0.6 is 11.3 Å². The summed E-state index contributed by atoms with van der Waals surface area (Å²) < 4.78 is 5.16. The quantitative estimate of drug-likeness (QED) is 0.891. The lowest BCUT2D eigenvalue weighted by atomic mass is 9.94. The normalized spacial score (nSPS) is 13.2. The van der Waals surface area contributed by atoms with Crippen LogP contribution in [0.25, 0.3) is 0 Å². The Bertz CT molecular complexity index is 798. The van der Waals surface area contributed by atoms with Gasteiger partial charge in [-0.25, -0.2) is 4.79 Å². The Balaban J connectivity index is 1.73. The molecule has 6 nitrogen and oxygen atoms in total. The average Bonchev–Trinajstić information content (AvgIpc) is 2.90. The number of anilines is 1. The van der Waals surface area contributed by atoms with Crippen LogP contribution in [0.4, 0.5) is 9.80 Å². The number of primary amides is 1. The third kappa shape index (κ3) is 3.46. The standard InChI is InChI=1S/C17H16N2O4S/c18-15(21)14-12-7-6-11(20)8-13(12)24-16(14)19-17(22)23-9-10-4-2-1-3-5-10/h1-5H,6-9H2,(H2,18,21)(H,19,22). The van der Waals surface area contributed by atoms with E-state index in [0.717, 1.165) is 16.0 Å². The maximum Gasteiger partial charge on any atom is 0.412 e. The molecular formula is C17H16N2O4S. The zero-order chi connectivity index (χ0) is 17.1. The average molecular weight is 344 g/mol. The summed E-state index contributed by atoms with van der Waals surface area (Å²) >= 11 is 1.21. The molecule has 1 aliphatic carbocycles. The SMILES string of the molecule is NC(=O)c1c(NC(=O)OCc2ccccc2)sc2c1CCC(=O)C2. The van der Waals surface area contributed by atoms with Gasteiger partial charge in [-0.05, 0) is 17.5 Å². The maximum absolute atomic E-state index is 12.0. The van der Waals surface area contributed by atoms with Crippen LogP contribution in [0, 0.1) is 0 Å². The number of ether oxygens (including phenoxy) is 1. The molecule has 0 spiro atoms. The van der Waals surface area contributed by atoms with Gasteiger partial charge in [-0.1, -0.05) is 30.3 Å². The molecule has 3 N–H and O–H groups in total. The van der Waals surface area contributed by atoms with Crippen molar-refractivity contribution in [1.29, 1.82) is 0 Å². The Kier molecular flexibility index (Phi) is 4.61. The first kappa shape index (κ1) is 16.2. The van der Waals surface area contributed by atoms with Crippen LogP contribution in [0.1, 0.15) is 32.8 Å². The number of nitrogens with two attached hydrogens (primary N) is 1. The monoisotopic (exact) mass is 344 g/mol. The van der Waals surface area contributed by atoms with E-state index in [0.29, 0.717) is 23.4 Å². The minimum absolute atomic E-state index is 0.123. The first-order valence-corrected chi connectivity index (χ1v) is 8.30. The smallest absolute Gasteiger partial charge is 0.412 e. The molecule has 7 heteroatoms. The van der Waals surface area contributed by atoms with Crippen molar-refractivity contribution in [3.63, 3.8) is 0 Å². The van der Waals surface area contributed by atoms with Crippen molar-refractivity contribution < 1.29 is 19.1 Å². The van der Waals surface area contributed by atoms with Gasteiger partial charge < -0.3 is 10.5 Å². The topological polar surface area (TPSA) is 98.5 Å². The number of benzene rings is 1. The minimum atomic E-state index is -0.661. The first-order valence-electron chi connectivity index (χ1n) is 7.48. The van der Waals surface area contributed by atoms with E-state index in [-0.39, 0.29) is 18.8 Å². The van der Waals surface area contributed by atoms with E-state index in [9.17, 15) is 14.4 Å². The van der Waals surface area contributed by atoms with Gasteiger partial charge in [-0.3, -0.25) is 14.9 Å². The van der Waals surface area contributed by atoms with Crippen LogP contribution < -0.4 is 11.1 Å². The first-order chi connectivity index (χ1) is 11.5. The molecule has 1 aliphatic rings. The number of hydrogen-bond donors (Lipinski definition) is 2. The zero-order valence-electron chi connectivity index (χ0n) is 12.8. The largest absolute Gasteiger partial charge is 0.444 e. The lowest BCUT2D eigenvalue weighted by Crippen LogP contribution is -2.20. The molecular weight excluding hydrogens is 328 g/mol. The van der Waals surface area contributed by atoms with Crippen molar-refractivity contribution in [1.82, 2.24) is 0 Å². The van der Waals surface area contributed by atoms with Crippen molar-refractivity contribution in [2.45, 2.75) is 25.9 Å². The van der Waals surface area contributed by atoms with Gasteiger partial charge in [0.15, 0.2) is 0 Å². The summed E-state index contributed by atoms with van der Waals surface area (Å²) in [5, 5.41) is 2.93. The molecule has 24 heavy (non-hydrogen) atoms. The van der Waals surface area contributed by atoms with Gasteiger partial charge in [0.25, 0.3) is 5.91 Å². The Morgan fingerprint density at radius 2 is 1.96 bits per heavy atom. The Hall–Kier alpha value is -2.67. The number of ketones is 1. The van der Waals surface area contributed by atoms with Crippen LogP contribution in [0.2, 0.25) is 0 Å². The third-order valence-electron chi connectivity index (χ3n) is 3.78. The molecule has 0 unspecified atom stereocenters. The van der Waals surface area contributed by atoms with Gasteiger partial charge in [0.05, 0.1) is 5.56 Å². The number of Topliss-reactive ketones (excluding diaryl/α,β-unsaturated/α-hetero) is 1. The lowest BCUT2D eigenvalue weighted by molar-refractivity contribution is -0.118. The molecule has 0 aliphatic heterocycles. The molecule has 0 fully saturated rings. The Morgan fingerprint density at radius 3 is 2.67 bits per heavy atom.